The molecule has 1 aromatic carbocycles. The first-order valence-corrected chi connectivity index (χ1v) is 9.30. The minimum Gasteiger partial charge on any atom is -0.489 e. The standard InChI is InChI=1S/C15H22FN3O3S/c1-11(22-14-5-3-4-12(16)8-14)9-18-15(17-2)19-13-6-7-23(20,21)10-13/h3-5,8,11,13H,6-7,9-10H2,1-2H3,(H2,17,18,19). The van der Waals surface area contributed by atoms with Gasteiger partial charge in [-0.15, -0.1) is 0 Å². The van der Waals surface area contributed by atoms with Gasteiger partial charge in [-0.1, -0.05) is 6.07 Å². The number of guanidine groups is 1. The molecule has 0 bridgehead atoms. The number of sulfone groups is 1. The van der Waals surface area contributed by atoms with E-state index in [1.165, 1.54) is 12.1 Å². The van der Waals surface area contributed by atoms with Crippen LogP contribution in [0.4, 0.5) is 4.39 Å². The summed E-state index contributed by atoms with van der Waals surface area (Å²) in [5.41, 5.74) is 0. The highest BCUT2D eigenvalue weighted by molar-refractivity contribution is 7.91. The molecule has 2 rings (SSSR count). The second-order valence-electron chi connectivity index (χ2n) is 5.58. The quantitative estimate of drug-likeness (QED) is 0.615. The number of nitrogens with one attached hydrogen (secondary N) is 2. The van der Waals surface area contributed by atoms with Crippen LogP contribution >= 0.6 is 0 Å². The van der Waals surface area contributed by atoms with Crippen molar-refractivity contribution in [3.05, 3.63) is 30.1 Å². The van der Waals surface area contributed by atoms with Crippen LogP contribution in [0.2, 0.25) is 0 Å². The molecule has 0 aromatic heterocycles. The summed E-state index contributed by atoms with van der Waals surface area (Å²) < 4.78 is 41.6. The maximum Gasteiger partial charge on any atom is 0.191 e. The molecule has 6 nitrogen and oxygen atoms in total. The first-order valence-electron chi connectivity index (χ1n) is 7.48. The van der Waals surface area contributed by atoms with Gasteiger partial charge in [-0.25, -0.2) is 12.8 Å². The second kappa shape index (κ2) is 7.63. The smallest absolute Gasteiger partial charge is 0.191 e. The van der Waals surface area contributed by atoms with Crippen molar-refractivity contribution < 1.29 is 17.5 Å². The van der Waals surface area contributed by atoms with E-state index in [4.69, 9.17) is 4.74 Å². The fourth-order valence-electron chi connectivity index (χ4n) is 2.35. The van der Waals surface area contributed by atoms with Crippen molar-refractivity contribution in [3.8, 4) is 5.75 Å². The summed E-state index contributed by atoms with van der Waals surface area (Å²) in [4.78, 5) is 4.08. The predicted octanol–water partition coefficient (Wildman–Crippen LogP) is 0.945. The van der Waals surface area contributed by atoms with Crippen molar-refractivity contribution in [3.63, 3.8) is 0 Å². The summed E-state index contributed by atoms with van der Waals surface area (Å²) in [7, 11) is -1.31. The van der Waals surface area contributed by atoms with E-state index < -0.39 is 9.84 Å². The zero-order valence-corrected chi connectivity index (χ0v) is 14.1. The van der Waals surface area contributed by atoms with Gasteiger partial charge in [0.25, 0.3) is 0 Å². The highest BCUT2D eigenvalue weighted by atomic mass is 32.2. The van der Waals surface area contributed by atoms with Crippen molar-refractivity contribution in [2.45, 2.75) is 25.5 Å². The Balaban J connectivity index is 1.79. The van der Waals surface area contributed by atoms with Crippen molar-refractivity contribution in [1.29, 1.82) is 0 Å². The number of hydrogen-bond donors (Lipinski definition) is 2. The van der Waals surface area contributed by atoms with E-state index in [0.717, 1.165) is 0 Å². The summed E-state index contributed by atoms with van der Waals surface area (Å²) in [5, 5.41) is 6.18. The molecule has 1 saturated heterocycles. The third-order valence-electron chi connectivity index (χ3n) is 3.49. The molecule has 128 valence electrons. The Bertz CT molecular complexity index is 664. The van der Waals surface area contributed by atoms with Crippen LogP contribution in [-0.4, -0.2) is 51.6 Å². The van der Waals surface area contributed by atoms with Crippen LogP contribution in [0.3, 0.4) is 0 Å². The van der Waals surface area contributed by atoms with Crippen molar-refractivity contribution in [2.24, 2.45) is 4.99 Å². The highest BCUT2D eigenvalue weighted by Gasteiger charge is 2.28. The molecule has 8 heteroatoms. The third-order valence-corrected chi connectivity index (χ3v) is 5.26. The largest absolute Gasteiger partial charge is 0.489 e. The Morgan fingerprint density at radius 3 is 2.91 bits per heavy atom. The Morgan fingerprint density at radius 2 is 2.30 bits per heavy atom. The summed E-state index contributed by atoms with van der Waals surface area (Å²) in [6.07, 6.45) is 0.376. The fraction of sp³-hybridized carbons (Fsp3) is 0.533. The second-order valence-corrected chi connectivity index (χ2v) is 7.81. The van der Waals surface area contributed by atoms with Gasteiger partial charge in [0.1, 0.15) is 17.7 Å². The van der Waals surface area contributed by atoms with E-state index in [2.05, 4.69) is 15.6 Å². The number of halogens is 1. The molecule has 1 aliphatic heterocycles. The molecule has 2 unspecified atom stereocenters. The monoisotopic (exact) mass is 343 g/mol. The third kappa shape index (κ3) is 5.70. The molecule has 2 N–H and O–H groups in total. The molecule has 1 heterocycles. The summed E-state index contributed by atoms with van der Waals surface area (Å²) in [5.74, 6) is 0.984. The molecule has 1 fully saturated rings. The molecular weight excluding hydrogens is 321 g/mol. The van der Waals surface area contributed by atoms with Gasteiger partial charge < -0.3 is 15.4 Å². The lowest BCUT2D eigenvalue weighted by molar-refractivity contribution is 0.223. The highest BCUT2D eigenvalue weighted by Crippen LogP contribution is 2.13. The average molecular weight is 343 g/mol. The van der Waals surface area contributed by atoms with Gasteiger partial charge in [-0.3, -0.25) is 4.99 Å². The molecule has 0 radical (unpaired) electrons. The molecular formula is C15H22FN3O3S. The van der Waals surface area contributed by atoms with Crippen molar-refractivity contribution in [2.75, 3.05) is 25.1 Å². The first-order chi connectivity index (χ1) is 10.9. The van der Waals surface area contributed by atoms with Crippen LogP contribution in [0, 0.1) is 5.82 Å². The number of hydrogen-bond acceptors (Lipinski definition) is 4. The molecule has 23 heavy (non-hydrogen) atoms. The topological polar surface area (TPSA) is 79.8 Å². The number of aliphatic imine (C=N–C) groups is 1. The number of rotatable bonds is 5. The molecule has 0 amide bonds. The zero-order valence-electron chi connectivity index (χ0n) is 13.3. The van der Waals surface area contributed by atoms with Crippen LogP contribution in [0.15, 0.2) is 29.3 Å². The van der Waals surface area contributed by atoms with Gasteiger partial charge in [0.15, 0.2) is 15.8 Å². The lowest BCUT2D eigenvalue weighted by Gasteiger charge is -2.19. The van der Waals surface area contributed by atoms with E-state index in [0.29, 0.717) is 24.7 Å². The van der Waals surface area contributed by atoms with E-state index in [1.54, 1.807) is 19.2 Å². The Kier molecular flexibility index (Phi) is 5.81. The number of benzene rings is 1. The molecule has 2 atom stereocenters. The minimum absolute atomic E-state index is 0.120. The van der Waals surface area contributed by atoms with E-state index in [-0.39, 0.29) is 29.5 Å². The van der Waals surface area contributed by atoms with Crippen LogP contribution in [0.5, 0.6) is 5.75 Å². The zero-order chi connectivity index (χ0) is 16.9. The summed E-state index contributed by atoms with van der Waals surface area (Å²) >= 11 is 0. The molecule has 0 saturated carbocycles. The van der Waals surface area contributed by atoms with Gasteiger partial charge >= 0.3 is 0 Å². The van der Waals surface area contributed by atoms with E-state index in [1.807, 2.05) is 6.92 Å². The maximum atomic E-state index is 13.1. The van der Waals surface area contributed by atoms with Gasteiger partial charge in [-0.05, 0) is 25.5 Å². The SMILES string of the molecule is CN=C(NCC(C)Oc1cccc(F)c1)NC1CCS(=O)(=O)C1. The Morgan fingerprint density at radius 1 is 1.52 bits per heavy atom. The first kappa shape index (κ1) is 17.5. The summed E-state index contributed by atoms with van der Waals surface area (Å²) in [6, 6.07) is 5.84. The molecule has 1 aromatic rings. The lowest BCUT2D eigenvalue weighted by atomic mass is 10.3. The predicted molar refractivity (Wildman–Crippen MR) is 88.0 cm³/mol. The van der Waals surface area contributed by atoms with Crippen molar-refractivity contribution in [1.82, 2.24) is 10.6 Å². The lowest BCUT2D eigenvalue weighted by Crippen LogP contribution is -2.46. The normalized spacial score (nSPS) is 21.7. The van der Waals surface area contributed by atoms with Gasteiger partial charge in [0, 0.05) is 19.2 Å². The number of nitrogens with zero attached hydrogens (tertiary/aromatic N) is 1. The average Bonchev–Trinajstić information content (AvgIpc) is 2.82. The maximum absolute atomic E-state index is 13.1. The number of ether oxygens (including phenoxy) is 1. The van der Waals surface area contributed by atoms with E-state index in [9.17, 15) is 12.8 Å². The van der Waals surface area contributed by atoms with Crippen LogP contribution in [0.1, 0.15) is 13.3 Å². The van der Waals surface area contributed by atoms with Gasteiger partial charge in [0.2, 0.25) is 0 Å². The summed E-state index contributed by atoms with van der Waals surface area (Å²) in [6.45, 7) is 2.31. The minimum atomic E-state index is -2.93. The van der Waals surface area contributed by atoms with Gasteiger partial charge in [-0.2, -0.15) is 0 Å². The molecule has 1 aliphatic rings. The van der Waals surface area contributed by atoms with Crippen LogP contribution in [-0.2, 0) is 9.84 Å². The Hall–Kier alpha value is -1.83. The van der Waals surface area contributed by atoms with E-state index >= 15 is 0 Å². The Labute approximate surface area is 136 Å². The molecule has 0 aliphatic carbocycles. The van der Waals surface area contributed by atoms with Crippen LogP contribution in [0.25, 0.3) is 0 Å². The van der Waals surface area contributed by atoms with Crippen molar-refractivity contribution >= 4 is 15.8 Å². The fourth-order valence-corrected chi connectivity index (χ4v) is 4.02. The van der Waals surface area contributed by atoms with Crippen LogP contribution < -0.4 is 15.4 Å². The molecule has 0 spiro atoms. The van der Waals surface area contributed by atoms with Gasteiger partial charge in [0.05, 0.1) is 18.1 Å².